The van der Waals surface area contributed by atoms with Crippen LogP contribution in [0.1, 0.15) is 30.6 Å². The summed E-state index contributed by atoms with van der Waals surface area (Å²) < 4.78 is 0. The van der Waals surface area contributed by atoms with Crippen LogP contribution in [0.15, 0.2) is 36.9 Å². The van der Waals surface area contributed by atoms with Crippen molar-refractivity contribution >= 4 is 17.5 Å². The highest BCUT2D eigenvalue weighted by Crippen LogP contribution is 2.15. The van der Waals surface area contributed by atoms with Crippen molar-refractivity contribution in [2.24, 2.45) is 0 Å². The Hall–Kier alpha value is -2.70. The largest absolute Gasteiger partial charge is 0.381 e. The number of piperazine rings is 1. The van der Waals surface area contributed by atoms with Crippen molar-refractivity contribution in [3.63, 3.8) is 0 Å². The van der Waals surface area contributed by atoms with Gasteiger partial charge in [-0.25, -0.2) is 9.97 Å². The molecule has 7 nitrogen and oxygen atoms in total. The molecular formula is C18H24N6O. The molecule has 0 spiro atoms. The van der Waals surface area contributed by atoms with Crippen LogP contribution in [0.5, 0.6) is 0 Å². The number of hydrogen-bond acceptors (Lipinski definition) is 6. The molecule has 0 aromatic carbocycles. The molecule has 2 aromatic heterocycles. The predicted octanol–water partition coefficient (Wildman–Crippen LogP) is 2.04. The number of anilines is 2. The SMILES string of the molecule is CCC(C)Nc1cncc(C(=O)N2CCN(c3ncccn3)CC2)c1. The van der Waals surface area contributed by atoms with Crippen molar-refractivity contribution in [1.82, 2.24) is 19.9 Å². The Kier molecular flexibility index (Phi) is 5.42. The third-order valence-corrected chi connectivity index (χ3v) is 4.41. The molecule has 3 heterocycles. The first-order chi connectivity index (χ1) is 12.2. The Morgan fingerprint density at radius 2 is 1.92 bits per heavy atom. The zero-order chi connectivity index (χ0) is 17.6. The van der Waals surface area contributed by atoms with E-state index in [1.807, 2.05) is 11.0 Å². The molecular weight excluding hydrogens is 316 g/mol. The first-order valence-corrected chi connectivity index (χ1v) is 8.70. The zero-order valence-corrected chi connectivity index (χ0v) is 14.7. The third kappa shape index (κ3) is 4.23. The van der Waals surface area contributed by atoms with Gasteiger partial charge in [0.25, 0.3) is 5.91 Å². The van der Waals surface area contributed by atoms with Crippen molar-refractivity contribution in [2.45, 2.75) is 26.3 Å². The van der Waals surface area contributed by atoms with E-state index < -0.39 is 0 Å². The van der Waals surface area contributed by atoms with Crippen molar-refractivity contribution in [2.75, 3.05) is 36.4 Å². The number of pyridine rings is 1. The van der Waals surface area contributed by atoms with Gasteiger partial charge in [0.15, 0.2) is 0 Å². The smallest absolute Gasteiger partial charge is 0.255 e. The molecule has 25 heavy (non-hydrogen) atoms. The van der Waals surface area contributed by atoms with E-state index in [9.17, 15) is 4.79 Å². The summed E-state index contributed by atoms with van der Waals surface area (Å²) in [5.41, 5.74) is 1.51. The van der Waals surface area contributed by atoms with Crippen LogP contribution >= 0.6 is 0 Å². The van der Waals surface area contributed by atoms with Crippen molar-refractivity contribution in [1.29, 1.82) is 0 Å². The first kappa shape index (κ1) is 17.1. The molecule has 3 rings (SSSR count). The van der Waals surface area contributed by atoms with Gasteiger partial charge in [-0.2, -0.15) is 0 Å². The fourth-order valence-electron chi connectivity index (χ4n) is 2.77. The Balaban J connectivity index is 1.62. The molecule has 1 atom stereocenters. The summed E-state index contributed by atoms with van der Waals surface area (Å²) in [5.74, 6) is 0.741. The maximum Gasteiger partial charge on any atom is 0.255 e. The first-order valence-electron chi connectivity index (χ1n) is 8.70. The van der Waals surface area contributed by atoms with Crippen molar-refractivity contribution in [3.8, 4) is 0 Å². The molecule has 1 aliphatic rings. The summed E-state index contributed by atoms with van der Waals surface area (Å²) in [7, 11) is 0. The van der Waals surface area contributed by atoms with E-state index in [0.717, 1.165) is 31.1 Å². The maximum absolute atomic E-state index is 12.8. The van der Waals surface area contributed by atoms with Crippen LogP contribution in [0.2, 0.25) is 0 Å². The molecule has 1 amide bonds. The topological polar surface area (TPSA) is 74.2 Å². The highest BCUT2D eigenvalue weighted by molar-refractivity contribution is 5.94. The predicted molar refractivity (Wildman–Crippen MR) is 97.8 cm³/mol. The van der Waals surface area contributed by atoms with Crippen LogP contribution in [0.25, 0.3) is 0 Å². The van der Waals surface area contributed by atoms with E-state index in [1.54, 1.807) is 30.9 Å². The number of amides is 1. The second-order valence-electron chi connectivity index (χ2n) is 6.24. The third-order valence-electron chi connectivity index (χ3n) is 4.41. The molecule has 0 aliphatic carbocycles. The van der Waals surface area contributed by atoms with Crippen LogP contribution in [0.4, 0.5) is 11.6 Å². The lowest BCUT2D eigenvalue weighted by Crippen LogP contribution is -2.49. The summed E-state index contributed by atoms with van der Waals surface area (Å²) in [5, 5.41) is 3.36. The van der Waals surface area contributed by atoms with Crippen LogP contribution in [-0.4, -0.2) is 58.0 Å². The van der Waals surface area contributed by atoms with E-state index in [4.69, 9.17) is 0 Å². The molecule has 1 unspecified atom stereocenters. The van der Waals surface area contributed by atoms with Gasteiger partial charge in [-0.05, 0) is 25.5 Å². The molecule has 0 bridgehead atoms. The number of nitrogens with one attached hydrogen (secondary N) is 1. The number of rotatable bonds is 5. The van der Waals surface area contributed by atoms with Gasteiger partial charge in [0.1, 0.15) is 0 Å². The summed E-state index contributed by atoms with van der Waals surface area (Å²) in [6.45, 7) is 7.00. The lowest BCUT2D eigenvalue weighted by atomic mass is 10.2. The van der Waals surface area contributed by atoms with Crippen LogP contribution in [0.3, 0.4) is 0 Å². The maximum atomic E-state index is 12.8. The van der Waals surface area contributed by atoms with E-state index >= 15 is 0 Å². The number of aromatic nitrogens is 3. The molecule has 7 heteroatoms. The van der Waals surface area contributed by atoms with Crippen LogP contribution < -0.4 is 10.2 Å². The summed E-state index contributed by atoms with van der Waals surface area (Å²) in [6, 6.07) is 4.03. The average Bonchev–Trinajstić information content (AvgIpc) is 2.68. The molecule has 132 valence electrons. The highest BCUT2D eigenvalue weighted by atomic mass is 16.2. The highest BCUT2D eigenvalue weighted by Gasteiger charge is 2.23. The van der Waals surface area contributed by atoms with Crippen LogP contribution in [-0.2, 0) is 0 Å². The molecule has 1 N–H and O–H groups in total. The summed E-state index contributed by atoms with van der Waals surface area (Å²) in [6.07, 6.45) is 7.88. The number of carbonyl (C=O) groups excluding carboxylic acids is 1. The average molecular weight is 340 g/mol. The van der Waals surface area contributed by atoms with Crippen LogP contribution in [0, 0.1) is 0 Å². The van der Waals surface area contributed by atoms with Crippen molar-refractivity contribution < 1.29 is 4.79 Å². The van der Waals surface area contributed by atoms with Crippen molar-refractivity contribution in [3.05, 3.63) is 42.5 Å². The number of hydrogen-bond donors (Lipinski definition) is 1. The quantitative estimate of drug-likeness (QED) is 0.898. The molecule has 0 saturated carbocycles. The second kappa shape index (κ2) is 7.92. The minimum atomic E-state index is 0.0222. The Morgan fingerprint density at radius 1 is 1.20 bits per heavy atom. The number of nitrogens with zero attached hydrogens (tertiary/aromatic N) is 5. The number of carbonyl (C=O) groups is 1. The van der Waals surface area contributed by atoms with E-state index in [-0.39, 0.29) is 5.91 Å². The minimum absolute atomic E-state index is 0.0222. The minimum Gasteiger partial charge on any atom is -0.381 e. The van der Waals surface area contributed by atoms with Gasteiger partial charge in [0, 0.05) is 57.0 Å². The fourth-order valence-corrected chi connectivity index (χ4v) is 2.77. The lowest BCUT2D eigenvalue weighted by Gasteiger charge is -2.34. The molecule has 1 fully saturated rings. The lowest BCUT2D eigenvalue weighted by molar-refractivity contribution is 0.0746. The summed E-state index contributed by atoms with van der Waals surface area (Å²) in [4.78, 5) is 29.5. The van der Waals surface area contributed by atoms with Gasteiger partial charge >= 0.3 is 0 Å². The summed E-state index contributed by atoms with van der Waals surface area (Å²) >= 11 is 0. The van der Waals surface area contributed by atoms with Gasteiger partial charge in [-0.1, -0.05) is 6.92 Å². The van der Waals surface area contributed by atoms with Gasteiger partial charge in [-0.15, -0.1) is 0 Å². The zero-order valence-electron chi connectivity index (χ0n) is 14.7. The molecule has 0 radical (unpaired) electrons. The van der Waals surface area contributed by atoms with Gasteiger partial charge in [0.05, 0.1) is 11.3 Å². The molecule has 1 aliphatic heterocycles. The molecule has 2 aromatic rings. The Bertz CT molecular complexity index is 700. The normalized spacial score (nSPS) is 15.8. The van der Waals surface area contributed by atoms with E-state index in [2.05, 4.69) is 39.0 Å². The molecule has 1 saturated heterocycles. The monoisotopic (exact) mass is 340 g/mol. The van der Waals surface area contributed by atoms with Gasteiger partial charge < -0.3 is 15.1 Å². The second-order valence-corrected chi connectivity index (χ2v) is 6.24. The standard InChI is InChI=1S/C18H24N6O/c1-3-14(2)22-16-11-15(12-19-13-16)17(25)23-7-9-24(10-8-23)18-20-5-4-6-21-18/h4-6,11-14,22H,3,7-10H2,1-2H3. The van der Waals surface area contributed by atoms with E-state index in [0.29, 0.717) is 24.7 Å². The van der Waals surface area contributed by atoms with Gasteiger partial charge in [-0.3, -0.25) is 9.78 Å². The van der Waals surface area contributed by atoms with E-state index in [1.165, 1.54) is 0 Å². The van der Waals surface area contributed by atoms with Gasteiger partial charge in [0.2, 0.25) is 5.95 Å². The Labute approximate surface area is 148 Å². The Morgan fingerprint density at radius 3 is 2.60 bits per heavy atom. The fraction of sp³-hybridized carbons (Fsp3) is 0.444.